The normalized spacial score (nSPS) is 43.2. The second kappa shape index (κ2) is 3.85. The molecular weight excluding hydrogens is 220 g/mol. The van der Waals surface area contributed by atoms with Crippen molar-refractivity contribution < 1.29 is 8.78 Å². The maximum absolute atomic E-state index is 13.5. The highest BCUT2D eigenvalue weighted by Gasteiger charge is 2.73. The number of halogens is 3. The summed E-state index contributed by atoms with van der Waals surface area (Å²) in [4.78, 5) is 0. The van der Waals surface area contributed by atoms with Gasteiger partial charge in [0.05, 0.1) is 0 Å². The van der Waals surface area contributed by atoms with E-state index in [1.807, 2.05) is 0 Å². The molecule has 0 spiro atoms. The van der Waals surface area contributed by atoms with E-state index in [1.54, 1.807) is 0 Å². The number of nitrogens with one attached hydrogen (secondary N) is 1. The Labute approximate surface area is 95.4 Å². The molecule has 3 fully saturated rings. The molecule has 4 heteroatoms. The quantitative estimate of drug-likeness (QED) is 0.779. The molecule has 0 aromatic heterocycles. The van der Waals surface area contributed by atoms with E-state index in [4.69, 9.17) is 0 Å². The van der Waals surface area contributed by atoms with Crippen LogP contribution in [0, 0.1) is 23.7 Å². The van der Waals surface area contributed by atoms with Gasteiger partial charge in [-0.25, -0.2) is 8.78 Å². The molecule has 2 aliphatic carbocycles. The Kier molecular flexibility index (Phi) is 2.97. The average Bonchev–Trinajstić information content (AvgIpc) is 3.03. The Morgan fingerprint density at radius 2 is 1.67 bits per heavy atom. The molecule has 0 radical (unpaired) electrons. The molecular formula is C11H18ClF2N. The third kappa shape index (κ3) is 1.89. The first-order valence-electron chi connectivity index (χ1n) is 5.80. The van der Waals surface area contributed by atoms with E-state index in [2.05, 4.69) is 5.32 Å². The van der Waals surface area contributed by atoms with E-state index in [0.29, 0.717) is 5.92 Å². The van der Waals surface area contributed by atoms with E-state index in [1.165, 1.54) is 0 Å². The molecule has 1 aliphatic heterocycles. The van der Waals surface area contributed by atoms with Crippen LogP contribution in [-0.2, 0) is 0 Å². The number of alkyl halides is 2. The van der Waals surface area contributed by atoms with Crippen molar-refractivity contribution >= 4 is 12.4 Å². The first-order valence-corrected chi connectivity index (χ1v) is 5.80. The van der Waals surface area contributed by atoms with Gasteiger partial charge in [0, 0.05) is 11.8 Å². The van der Waals surface area contributed by atoms with Crippen molar-refractivity contribution in [2.75, 3.05) is 13.1 Å². The van der Waals surface area contributed by atoms with Gasteiger partial charge in [0.1, 0.15) is 0 Å². The molecule has 15 heavy (non-hydrogen) atoms. The second-order valence-electron chi connectivity index (χ2n) is 5.17. The fourth-order valence-corrected chi connectivity index (χ4v) is 3.23. The lowest BCUT2D eigenvalue weighted by Crippen LogP contribution is -2.32. The van der Waals surface area contributed by atoms with Crippen molar-refractivity contribution in [3.05, 3.63) is 0 Å². The highest BCUT2D eigenvalue weighted by atomic mass is 35.5. The van der Waals surface area contributed by atoms with Crippen LogP contribution in [0.25, 0.3) is 0 Å². The molecule has 1 nitrogen and oxygen atoms in total. The summed E-state index contributed by atoms with van der Waals surface area (Å²) >= 11 is 0. The van der Waals surface area contributed by atoms with Crippen molar-refractivity contribution in [3.63, 3.8) is 0 Å². The Balaban J connectivity index is 0.000000853. The van der Waals surface area contributed by atoms with Gasteiger partial charge in [-0.1, -0.05) is 0 Å². The molecule has 0 aromatic rings. The summed E-state index contributed by atoms with van der Waals surface area (Å²) in [6.07, 6.45) is 4.19. The third-order valence-corrected chi connectivity index (χ3v) is 4.14. The van der Waals surface area contributed by atoms with Crippen LogP contribution >= 0.6 is 12.4 Å². The number of hydrogen-bond acceptors (Lipinski definition) is 1. The topological polar surface area (TPSA) is 12.0 Å². The van der Waals surface area contributed by atoms with Crippen molar-refractivity contribution in [1.82, 2.24) is 5.32 Å². The van der Waals surface area contributed by atoms with Gasteiger partial charge in [-0.15, -0.1) is 12.4 Å². The van der Waals surface area contributed by atoms with Gasteiger partial charge in [-0.2, -0.15) is 0 Å². The van der Waals surface area contributed by atoms with Crippen LogP contribution in [-0.4, -0.2) is 19.0 Å². The van der Waals surface area contributed by atoms with Crippen molar-refractivity contribution in [3.8, 4) is 0 Å². The fourth-order valence-electron chi connectivity index (χ4n) is 3.23. The van der Waals surface area contributed by atoms with Crippen LogP contribution in [0.15, 0.2) is 0 Å². The Morgan fingerprint density at radius 3 is 2.20 bits per heavy atom. The van der Waals surface area contributed by atoms with Gasteiger partial charge in [0.2, 0.25) is 0 Å². The largest absolute Gasteiger partial charge is 0.316 e. The highest BCUT2D eigenvalue weighted by Crippen LogP contribution is 2.67. The van der Waals surface area contributed by atoms with Gasteiger partial charge in [0.25, 0.3) is 5.92 Å². The van der Waals surface area contributed by atoms with E-state index < -0.39 is 5.92 Å². The van der Waals surface area contributed by atoms with Crippen LogP contribution in [0.3, 0.4) is 0 Å². The number of piperidine rings is 1. The molecule has 1 heterocycles. The Morgan fingerprint density at radius 1 is 1.00 bits per heavy atom. The zero-order valence-electron chi connectivity index (χ0n) is 8.72. The minimum absolute atomic E-state index is 0. The smallest absolute Gasteiger partial charge is 0.255 e. The SMILES string of the molecule is Cl.FC1(F)C(C2CC2)C1C1CCCNC1. The summed E-state index contributed by atoms with van der Waals surface area (Å²) in [6.45, 7) is 1.84. The maximum atomic E-state index is 13.5. The standard InChI is InChI=1S/C11H17F2N.ClH/c12-11(13)9(7-3-4-7)10(11)8-2-1-5-14-6-8;/h7-10,14H,1-6H2;1H. The van der Waals surface area contributed by atoms with Crippen LogP contribution in [0.1, 0.15) is 25.7 Å². The van der Waals surface area contributed by atoms with Gasteiger partial charge < -0.3 is 5.32 Å². The monoisotopic (exact) mass is 237 g/mol. The molecule has 0 bridgehead atoms. The zero-order valence-corrected chi connectivity index (χ0v) is 9.53. The first kappa shape index (κ1) is 11.6. The molecule has 3 unspecified atom stereocenters. The van der Waals surface area contributed by atoms with Gasteiger partial charge >= 0.3 is 0 Å². The lowest BCUT2D eigenvalue weighted by molar-refractivity contribution is 0.0682. The summed E-state index contributed by atoms with van der Waals surface area (Å²) < 4.78 is 27.0. The zero-order chi connectivity index (χ0) is 9.76. The molecule has 1 saturated heterocycles. The molecule has 0 amide bonds. The van der Waals surface area contributed by atoms with E-state index in [0.717, 1.165) is 38.8 Å². The Bertz CT molecular complexity index is 237. The summed E-state index contributed by atoms with van der Waals surface area (Å²) in [6, 6.07) is 0. The average molecular weight is 238 g/mol. The van der Waals surface area contributed by atoms with Gasteiger partial charge in [0.15, 0.2) is 0 Å². The van der Waals surface area contributed by atoms with Gasteiger partial charge in [-0.3, -0.25) is 0 Å². The molecule has 2 saturated carbocycles. The van der Waals surface area contributed by atoms with E-state index in [-0.39, 0.29) is 30.2 Å². The van der Waals surface area contributed by atoms with Crippen molar-refractivity contribution in [1.29, 1.82) is 0 Å². The fraction of sp³-hybridized carbons (Fsp3) is 1.00. The van der Waals surface area contributed by atoms with Crippen LogP contribution < -0.4 is 5.32 Å². The molecule has 1 N–H and O–H groups in total. The van der Waals surface area contributed by atoms with Crippen LogP contribution in [0.5, 0.6) is 0 Å². The van der Waals surface area contributed by atoms with Crippen molar-refractivity contribution in [2.24, 2.45) is 23.7 Å². The van der Waals surface area contributed by atoms with Crippen LogP contribution in [0.4, 0.5) is 8.78 Å². The predicted octanol–water partition coefficient (Wildman–Crippen LogP) is 2.70. The van der Waals surface area contributed by atoms with Crippen molar-refractivity contribution in [2.45, 2.75) is 31.6 Å². The summed E-state index contributed by atoms with van der Waals surface area (Å²) in [5.41, 5.74) is 0. The maximum Gasteiger partial charge on any atom is 0.255 e. The van der Waals surface area contributed by atoms with E-state index in [9.17, 15) is 8.78 Å². The van der Waals surface area contributed by atoms with E-state index >= 15 is 0 Å². The molecule has 0 aromatic carbocycles. The first-order chi connectivity index (χ1) is 6.71. The summed E-state index contributed by atoms with van der Waals surface area (Å²) in [5, 5.41) is 3.24. The number of rotatable bonds is 2. The minimum Gasteiger partial charge on any atom is -0.316 e. The molecule has 3 rings (SSSR count). The molecule has 88 valence electrons. The molecule has 3 atom stereocenters. The number of hydrogen-bond donors (Lipinski definition) is 1. The molecule has 3 aliphatic rings. The Hall–Kier alpha value is 0.110. The summed E-state index contributed by atoms with van der Waals surface area (Å²) in [5.74, 6) is -2.21. The highest BCUT2D eigenvalue weighted by molar-refractivity contribution is 5.85. The minimum atomic E-state index is -2.31. The lowest BCUT2D eigenvalue weighted by atomic mass is 9.92. The van der Waals surface area contributed by atoms with Gasteiger partial charge in [-0.05, 0) is 50.6 Å². The second-order valence-corrected chi connectivity index (χ2v) is 5.17. The summed E-state index contributed by atoms with van der Waals surface area (Å²) in [7, 11) is 0. The van der Waals surface area contributed by atoms with Crippen LogP contribution in [0.2, 0.25) is 0 Å². The predicted molar refractivity (Wildman–Crippen MR) is 57.5 cm³/mol. The third-order valence-electron chi connectivity index (χ3n) is 4.14. The lowest BCUT2D eigenvalue weighted by Gasteiger charge is -2.22.